The second kappa shape index (κ2) is 7.09. The number of benzene rings is 1. The lowest BCUT2D eigenvalue weighted by Crippen LogP contribution is -2.46. The lowest BCUT2D eigenvalue weighted by molar-refractivity contribution is -0.138. The van der Waals surface area contributed by atoms with Crippen molar-refractivity contribution in [2.45, 2.75) is 51.1 Å². The lowest BCUT2D eigenvalue weighted by Gasteiger charge is -2.32. The van der Waals surface area contributed by atoms with Crippen LogP contribution in [0.4, 0.5) is 5.69 Å². The first-order valence-corrected chi connectivity index (χ1v) is 9.58. The molecule has 3 fully saturated rings. The van der Waals surface area contributed by atoms with Gasteiger partial charge in [-0.15, -0.1) is 0 Å². The largest absolute Gasteiger partial charge is 0.352 e. The Hall–Kier alpha value is -2.37. The van der Waals surface area contributed by atoms with E-state index in [4.69, 9.17) is 0 Å². The summed E-state index contributed by atoms with van der Waals surface area (Å²) in [5.74, 6) is 0.304. The summed E-state index contributed by atoms with van der Waals surface area (Å²) in [5.41, 5.74) is 1.94. The third-order valence-corrected chi connectivity index (χ3v) is 5.59. The topological polar surface area (TPSA) is 69.7 Å². The van der Waals surface area contributed by atoms with E-state index >= 15 is 0 Å². The summed E-state index contributed by atoms with van der Waals surface area (Å²) in [5, 5.41) is 3.00. The highest BCUT2D eigenvalue weighted by Crippen LogP contribution is 2.31. The molecule has 3 amide bonds. The third-order valence-electron chi connectivity index (χ3n) is 5.59. The second-order valence-electron chi connectivity index (χ2n) is 7.55. The number of nitrogens with one attached hydrogen (secondary N) is 1. The van der Waals surface area contributed by atoms with Crippen LogP contribution in [0, 0.1) is 5.92 Å². The SMILES string of the molecule is O=C(NCc1ccc(N2CCCC2=O)cc1)[C@H]1CCC(=O)N(C2CC2)C1. The molecule has 1 atom stereocenters. The molecule has 2 saturated heterocycles. The van der Waals surface area contributed by atoms with E-state index in [0.717, 1.165) is 37.1 Å². The quantitative estimate of drug-likeness (QED) is 0.876. The van der Waals surface area contributed by atoms with Crippen LogP contribution in [0.2, 0.25) is 0 Å². The number of amides is 3. The summed E-state index contributed by atoms with van der Waals surface area (Å²) in [6.45, 7) is 1.82. The van der Waals surface area contributed by atoms with Crippen molar-refractivity contribution in [2.75, 3.05) is 18.0 Å². The van der Waals surface area contributed by atoms with Crippen molar-refractivity contribution in [3.63, 3.8) is 0 Å². The maximum Gasteiger partial charge on any atom is 0.227 e. The number of rotatable bonds is 5. The number of nitrogens with zero attached hydrogens (tertiary/aromatic N) is 2. The molecule has 1 aromatic rings. The summed E-state index contributed by atoms with van der Waals surface area (Å²) >= 11 is 0. The highest BCUT2D eigenvalue weighted by atomic mass is 16.2. The van der Waals surface area contributed by atoms with Crippen LogP contribution in [0.15, 0.2) is 24.3 Å². The molecule has 2 heterocycles. The number of hydrogen-bond donors (Lipinski definition) is 1. The number of carbonyl (C=O) groups is 3. The Morgan fingerprint density at radius 3 is 2.46 bits per heavy atom. The fourth-order valence-electron chi connectivity index (χ4n) is 3.87. The van der Waals surface area contributed by atoms with Crippen molar-refractivity contribution in [3.05, 3.63) is 29.8 Å². The van der Waals surface area contributed by atoms with Crippen LogP contribution in [-0.4, -0.2) is 41.8 Å². The number of carbonyl (C=O) groups excluding carboxylic acids is 3. The van der Waals surface area contributed by atoms with Crippen molar-refractivity contribution >= 4 is 23.4 Å². The molecule has 26 heavy (non-hydrogen) atoms. The van der Waals surface area contributed by atoms with E-state index in [1.807, 2.05) is 34.1 Å². The predicted octanol–water partition coefficient (Wildman–Crippen LogP) is 1.83. The number of anilines is 1. The smallest absolute Gasteiger partial charge is 0.227 e. The van der Waals surface area contributed by atoms with E-state index in [2.05, 4.69) is 5.32 Å². The minimum atomic E-state index is -0.102. The Kier molecular flexibility index (Phi) is 4.66. The second-order valence-corrected chi connectivity index (χ2v) is 7.55. The monoisotopic (exact) mass is 355 g/mol. The van der Waals surface area contributed by atoms with Gasteiger partial charge in [-0.25, -0.2) is 0 Å². The zero-order valence-electron chi connectivity index (χ0n) is 14.9. The molecule has 1 aromatic carbocycles. The van der Waals surface area contributed by atoms with Gasteiger partial charge in [-0.3, -0.25) is 14.4 Å². The molecule has 1 saturated carbocycles. The van der Waals surface area contributed by atoms with Gasteiger partial charge in [0, 0.05) is 44.2 Å². The van der Waals surface area contributed by atoms with Gasteiger partial charge in [0.05, 0.1) is 5.92 Å². The molecule has 0 spiro atoms. The summed E-state index contributed by atoms with van der Waals surface area (Å²) < 4.78 is 0. The Labute approximate surface area is 153 Å². The summed E-state index contributed by atoms with van der Waals surface area (Å²) in [4.78, 5) is 39.9. The molecule has 0 unspecified atom stereocenters. The minimum absolute atomic E-state index is 0.0296. The van der Waals surface area contributed by atoms with Gasteiger partial charge in [0.1, 0.15) is 0 Å². The third kappa shape index (κ3) is 3.59. The Bertz CT molecular complexity index is 712. The molecular weight excluding hydrogens is 330 g/mol. The van der Waals surface area contributed by atoms with Gasteiger partial charge in [-0.2, -0.15) is 0 Å². The molecule has 138 valence electrons. The van der Waals surface area contributed by atoms with Crippen LogP contribution >= 0.6 is 0 Å². The fraction of sp³-hybridized carbons (Fsp3) is 0.550. The van der Waals surface area contributed by atoms with Gasteiger partial charge in [0.15, 0.2) is 0 Å². The van der Waals surface area contributed by atoms with Crippen molar-refractivity contribution in [1.82, 2.24) is 10.2 Å². The molecule has 1 N–H and O–H groups in total. The molecule has 1 aliphatic carbocycles. The average molecular weight is 355 g/mol. The van der Waals surface area contributed by atoms with E-state index < -0.39 is 0 Å². The summed E-state index contributed by atoms with van der Waals surface area (Å²) in [7, 11) is 0. The molecule has 0 radical (unpaired) electrons. The van der Waals surface area contributed by atoms with Crippen molar-refractivity contribution in [3.8, 4) is 0 Å². The standard InChI is InChI=1S/C20H25N3O3/c24-18-2-1-11-22(18)16-6-3-14(4-7-16)12-21-20(26)15-5-10-19(25)23(13-15)17-8-9-17/h3-4,6-7,15,17H,1-2,5,8-13H2,(H,21,26)/t15-/m0/s1. The molecule has 0 bridgehead atoms. The zero-order valence-corrected chi connectivity index (χ0v) is 14.9. The van der Waals surface area contributed by atoms with Gasteiger partial charge in [0.25, 0.3) is 0 Å². The van der Waals surface area contributed by atoms with Gasteiger partial charge in [-0.05, 0) is 43.4 Å². The zero-order chi connectivity index (χ0) is 18.1. The number of hydrogen-bond acceptors (Lipinski definition) is 3. The highest BCUT2D eigenvalue weighted by molar-refractivity contribution is 5.95. The first-order chi connectivity index (χ1) is 12.6. The van der Waals surface area contributed by atoms with Crippen molar-refractivity contribution < 1.29 is 14.4 Å². The number of piperidine rings is 1. The van der Waals surface area contributed by atoms with E-state index in [1.54, 1.807) is 0 Å². The Morgan fingerprint density at radius 2 is 1.81 bits per heavy atom. The van der Waals surface area contributed by atoms with Crippen LogP contribution in [0.3, 0.4) is 0 Å². The van der Waals surface area contributed by atoms with Crippen molar-refractivity contribution in [2.24, 2.45) is 5.92 Å². The molecule has 4 rings (SSSR count). The molecule has 6 nitrogen and oxygen atoms in total. The first kappa shape index (κ1) is 17.1. The lowest BCUT2D eigenvalue weighted by atomic mass is 9.96. The van der Waals surface area contributed by atoms with Crippen LogP contribution < -0.4 is 10.2 Å². The molecule has 0 aromatic heterocycles. The van der Waals surface area contributed by atoms with E-state index in [-0.39, 0.29) is 23.6 Å². The summed E-state index contributed by atoms with van der Waals surface area (Å²) in [6.07, 6.45) is 4.81. The van der Waals surface area contributed by atoms with Gasteiger partial charge in [0.2, 0.25) is 17.7 Å². The fourth-order valence-corrected chi connectivity index (χ4v) is 3.87. The molecular formula is C20H25N3O3. The first-order valence-electron chi connectivity index (χ1n) is 9.58. The average Bonchev–Trinajstić information content (AvgIpc) is 3.41. The van der Waals surface area contributed by atoms with Gasteiger partial charge in [-0.1, -0.05) is 12.1 Å². The number of likely N-dealkylation sites (tertiary alicyclic amines) is 1. The van der Waals surface area contributed by atoms with Crippen LogP contribution in [0.5, 0.6) is 0 Å². The highest BCUT2D eigenvalue weighted by Gasteiger charge is 2.38. The van der Waals surface area contributed by atoms with Gasteiger partial charge >= 0.3 is 0 Å². The minimum Gasteiger partial charge on any atom is -0.352 e. The van der Waals surface area contributed by atoms with Crippen molar-refractivity contribution in [1.29, 1.82) is 0 Å². The van der Waals surface area contributed by atoms with Crippen LogP contribution in [-0.2, 0) is 20.9 Å². The van der Waals surface area contributed by atoms with E-state index in [1.165, 1.54) is 0 Å². The molecule has 6 heteroatoms. The maximum absolute atomic E-state index is 12.5. The maximum atomic E-state index is 12.5. The van der Waals surface area contributed by atoms with Gasteiger partial charge < -0.3 is 15.1 Å². The molecule has 2 aliphatic heterocycles. The van der Waals surface area contributed by atoms with E-state index in [9.17, 15) is 14.4 Å². The van der Waals surface area contributed by atoms with E-state index in [0.29, 0.717) is 38.4 Å². The Morgan fingerprint density at radius 1 is 1.04 bits per heavy atom. The Balaban J connectivity index is 1.30. The summed E-state index contributed by atoms with van der Waals surface area (Å²) in [6, 6.07) is 8.18. The van der Waals surface area contributed by atoms with Crippen LogP contribution in [0.25, 0.3) is 0 Å². The van der Waals surface area contributed by atoms with Crippen LogP contribution in [0.1, 0.15) is 44.1 Å². The normalized spacial score (nSPS) is 23.5. The predicted molar refractivity (Wildman–Crippen MR) is 97.3 cm³/mol. The molecule has 3 aliphatic rings.